The van der Waals surface area contributed by atoms with Crippen LogP contribution in [0.1, 0.15) is 50.6 Å². The predicted octanol–water partition coefficient (Wildman–Crippen LogP) is 5.81. The number of carbonyl (C=O) groups is 1. The second-order valence-corrected chi connectivity index (χ2v) is 13.3. The highest BCUT2D eigenvalue weighted by molar-refractivity contribution is 6.06. The maximum Gasteiger partial charge on any atom is 0.246 e. The fourth-order valence-corrected chi connectivity index (χ4v) is 7.76. The number of aromatic nitrogens is 6. The van der Waals surface area contributed by atoms with E-state index in [4.69, 9.17) is 9.72 Å². The first-order valence-corrected chi connectivity index (χ1v) is 16.8. The average molecular weight is 668 g/mol. The third kappa shape index (κ3) is 5.77. The van der Waals surface area contributed by atoms with Gasteiger partial charge in [-0.3, -0.25) is 14.4 Å². The van der Waals surface area contributed by atoms with Gasteiger partial charge in [0.25, 0.3) is 0 Å². The van der Waals surface area contributed by atoms with Gasteiger partial charge in [-0.1, -0.05) is 17.3 Å². The standard InChI is InChI=1S/C36H39F2N9O2/c1-21-17-27-33(32(38)31(21)23-9-10-24-20-40-45(4)29(24)18-23)41-36(49-22(2)28-7-6-15-44(28)3)34-35(27)47(43-42-34)26-12-16-46(25(19-26)11-14-39)30(48)8-5-13-37/h5,8-10,17-18,20,22,25-26,28H,6-7,11-13,15-16,19H2,1-4H3/b8-5+/t22-,25+,26-,28-/m0/s1. The van der Waals surface area contributed by atoms with E-state index in [9.17, 15) is 14.4 Å². The van der Waals surface area contributed by atoms with Gasteiger partial charge in [-0.05, 0) is 82.5 Å². The largest absolute Gasteiger partial charge is 0.471 e. The number of amides is 1. The molecule has 0 bridgehead atoms. The number of piperidine rings is 1. The van der Waals surface area contributed by atoms with Crippen LogP contribution >= 0.6 is 0 Å². The molecule has 2 saturated heterocycles. The smallest absolute Gasteiger partial charge is 0.246 e. The summed E-state index contributed by atoms with van der Waals surface area (Å²) in [6.45, 7) is 4.46. The number of aryl methyl sites for hydroxylation is 2. The number of hydrogen-bond acceptors (Lipinski definition) is 8. The van der Waals surface area contributed by atoms with E-state index in [1.807, 2.05) is 45.2 Å². The minimum atomic E-state index is -0.743. The zero-order chi connectivity index (χ0) is 34.4. The van der Waals surface area contributed by atoms with Gasteiger partial charge < -0.3 is 9.64 Å². The first kappa shape index (κ1) is 32.6. The molecule has 0 aliphatic carbocycles. The maximum absolute atomic E-state index is 17.0. The lowest BCUT2D eigenvalue weighted by molar-refractivity contribution is -0.130. The van der Waals surface area contributed by atoms with Crippen molar-refractivity contribution in [3.63, 3.8) is 0 Å². The topological polar surface area (TPSA) is 118 Å². The highest BCUT2D eigenvalue weighted by atomic mass is 19.1. The number of likely N-dealkylation sites (N-methyl/N-ethyl adjacent to an activating group) is 1. The van der Waals surface area contributed by atoms with Crippen molar-refractivity contribution in [2.45, 2.75) is 70.2 Å². The van der Waals surface area contributed by atoms with E-state index < -0.39 is 18.5 Å². The Morgan fingerprint density at radius 2 is 2.04 bits per heavy atom. The molecule has 13 heteroatoms. The number of alkyl halides is 1. The number of nitrogens with zero attached hydrogens (tertiary/aromatic N) is 9. The van der Waals surface area contributed by atoms with E-state index in [-0.39, 0.29) is 41.9 Å². The summed E-state index contributed by atoms with van der Waals surface area (Å²) in [6.07, 6.45) is 7.04. The Hall–Kier alpha value is -4.96. The Balaban J connectivity index is 1.37. The third-order valence-corrected chi connectivity index (χ3v) is 10.3. The van der Waals surface area contributed by atoms with E-state index in [2.05, 4.69) is 33.4 Å². The number of halogens is 2. The van der Waals surface area contributed by atoms with Crippen molar-refractivity contribution in [1.82, 2.24) is 39.6 Å². The van der Waals surface area contributed by atoms with Crippen LogP contribution in [-0.2, 0) is 11.8 Å². The molecule has 5 heterocycles. The normalized spacial score (nSPS) is 20.9. The van der Waals surface area contributed by atoms with Gasteiger partial charge in [0.15, 0.2) is 11.3 Å². The molecule has 0 radical (unpaired) electrons. The quantitative estimate of drug-likeness (QED) is 0.190. The third-order valence-electron chi connectivity index (χ3n) is 10.3. The summed E-state index contributed by atoms with van der Waals surface area (Å²) in [7, 11) is 3.93. The number of benzene rings is 2. The highest BCUT2D eigenvalue weighted by Crippen LogP contribution is 2.40. The Morgan fingerprint density at radius 3 is 2.80 bits per heavy atom. The number of likely N-dealkylation sites (tertiary alicyclic amines) is 2. The van der Waals surface area contributed by atoms with Crippen LogP contribution in [0.5, 0.6) is 5.88 Å². The molecule has 3 aromatic heterocycles. The van der Waals surface area contributed by atoms with Crippen molar-refractivity contribution in [3.05, 3.63) is 54.0 Å². The van der Waals surface area contributed by atoms with E-state index in [0.29, 0.717) is 46.9 Å². The molecule has 11 nitrogen and oxygen atoms in total. The summed E-state index contributed by atoms with van der Waals surface area (Å²) in [4.78, 5) is 21.6. The number of pyridine rings is 1. The molecule has 2 aliphatic rings. The van der Waals surface area contributed by atoms with Gasteiger partial charge in [0.05, 0.1) is 30.2 Å². The van der Waals surface area contributed by atoms with Crippen molar-refractivity contribution >= 4 is 38.7 Å². The first-order chi connectivity index (χ1) is 23.7. The van der Waals surface area contributed by atoms with Crippen molar-refractivity contribution in [1.29, 1.82) is 5.26 Å². The Labute approximate surface area is 282 Å². The molecular formula is C36H39F2N9O2. The molecule has 4 atom stereocenters. The lowest BCUT2D eigenvalue weighted by Crippen LogP contribution is -2.46. The summed E-state index contributed by atoms with van der Waals surface area (Å²) in [6, 6.07) is 9.42. The molecule has 0 N–H and O–H groups in total. The molecular weight excluding hydrogens is 628 g/mol. The van der Waals surface area contributed by atoms with E-state index in [1.54, 1.807) is 20.5 Å². The van der Waals surface area contributed by atoms with Gasteiger partial charge in [0.2, 0.25) is 11.8 Å². The fraction of sp³-hybridized carbons (Fsp3) is 0.444. The molecule has 0 saturated carbocycles. The Bertz CT molecular complexity index is 2130. The summed E-state index contributed by atoms with van der Waals surface area (Å²) < 4.78 is 39.9. The second kappa shape index (κ2) is 13.2. The number of hydrogen-bond donors (Lipinski definition) is 0. The van der Waals surface area contributed by atoms with Crippen LogP contribution in [-0.4, -0.2) is 90.5 Å². The number of nitriles is 1. The van der Waals surface area contributed by atoms with Gasteiger partial charge >= 0.3 is 0 Å². The van der Waals surface area contributed by atoms with Crippen LogP contribution in [0.2, 0.25) is 0 Å². The van der Waals surface area contributed by atoms with Gasteiger partial charge in [0.1, 0.15) is 23.8 Å². The zero-order valence-electron chi connectivity index (χ0n) is 28.1. The molecule has 2 fully saturated rings. The van der Waals surface area contributed by atoms with Crippen LogP contribution in [0, 0.1) is 24.1 Å². The van der Waals surface area contributed by atoms with Crippen LogP contribution < -0.4 is 4.74 Å². The molecule has 254 valence electrons. The molecule has 5 aromatic rings. The maximum atomic E-state index is 17.0. The van der Waals surface area contributed by atoms with Gasteiger partial charge in [0, 0.05) is 48.1 Å². The molecule has 49 heavy (non-hydrogen) atoms. The first-order valence-electron chi connectivity index (χ1n) is 16.8. The molecule has 0 unspecified atom stereocenters. The van der Waals surface area contributed by atoms with Crippen LogP contribution in [0.25, 0.3) is 44.0 Å². The number of rotatable bonds is 8. The highest BCUT2D eigenvalue weighted by Gasteiger charge is 2.35. The minimum absolute atomic E-state index is 0.111. The second-order valence-electron chi connectivity index (χ2n) is 13.3. The van der Waals surface area contributed by atoms with Crippen molar-refractivity contribution in [2.24, 2.45) is 7.05 Å². The van der Waals surface area contributed by atoms with Crippen molar-refractivity contribution < 1.29 is 18.3 Å². The lowest BCUT2D eigenvalue weighted by Gasteiger charge is -2.38. The molecule has 1 amide bonds. The number of allylic oxidation sites excluding steroid dienone is 1. The summed E-state index contributed by atoms with van der Waals surface area (Å²) in [5.41, 5.74) is 3.95. The van der Waals surface area contributed by atoms with Crippen LogP contribution in [0.3, 0.4) is 0 Å². The zero-order valence-corrected chi connectivity index (χ0v) is 28.1. The SMILES string of the molecule is Cc1cc2c(nc(O[C@@H](C)[C@@H]3CCCN3C)c3nnn([C@H]4CCN(C(=O)/C=C/CF)[C@H](CC#N)C4)c32)c(F)c1-c1ccc2cnn(C)c2c1. The van der Waals surface area contributed by atoms with E-state index in [0.717, 1.165) is 35.9 Å². The summed E-state index contributed by atoms with van der Waals surface area (Å²) >= 11 is 0. The lowest BCUT2D eigenvalue weighted by atomic mass is 9.94. The molecule has 7 rings (SSSR count). The summed E-state index contributed by atoms with van der Waals surface area (Å²) in [5, 5.41) is 24.6. The Kier molecular flexibility index (Phi) is 8.75. The number of carbonyl (C=O) groups excluding carboxylic acids is 1. The van der Waals surface area contributed by atoms with E-state index in [1.165, 1.54) is 12.2 Å². The minimum Gasteiger partial charge on any atom is -0.471 e. The molecule has 2 aromatic carbocycles. The summed E-state index contributed by atoms with van der Waals surface area (Å²) in [5.74, 6) is -0.579. The average Bonchev–Trinajstić information content (AvgIpc) is 3.83. The number of ether oxygens (including phenoxy) is 1. The van der Waals surface area contributed by atoms with Crippen LogP contribution in [0.4, 0.5) is 8.78 Å². The van der Waals surface area contributed by atoms with Gasteiger partial charge in [-0.2, -0.15) is 10.4 Å². The van der Waals surface area contributed by atoms with Gasteiger partial charge in [-0.15, -0.1) is 5.10 Å². The molecule has 2 aliphatic heterocycles. The van der Waals surface area contributed by atoms with Crippen molar-refractivity contribution in [3.8, 4) is 23.1 Å². The van der Waals surface area contributed by atoms with E-state index >= 15 is 4.39 Å². The fourth-order valence-electron chi connectivity index (χ4n) is 7.76. The number of fused-ring (bicyclic) bond motifs is 4. The van der Waals surface area contributed by atoms with Crippen molar-refractivity contribution in [2.75, 3.05) is 26.8 Å². The van der Waals surface area contributed by atoms with Gasteiger partial charge in [-0.25, -0.2) is 18.4 Å². The van der Waals surface area contributed by atoms with Crippen LogP contribution in [0.15, 0.2) is 42.6 Å². The predicted molar refractivity (Wildman–Crippen MR) is 182 cm³/mol. The Morgan fingerprint density at radius 1 is 1.20 bits per heavy atom. The monoisotopic (exact) mass is 667 g/mol. The molecule has 0 spiro atoms.